The summed E-state index contributed by atoms with van der Waals surface area (Å²) in [5.41, 5.74) is 4.88. The van der Waals surface area contributed by atoms with Crippen molar-refractivity contribution in [2.24, 2.45) is 0 Å². The van der Waals surface area contributed by atoms with Crippen LogP contribution in [0.25, 0.3) is 11.1 Å². The van der Waals surface area contributed by atoms with Crippen molar-refractivity contribution in [2.75, 3.05) is 6.61 Å². The van der Waals surface area contributed by atoms with Gasteiger partial charge in [0.2, 0.25) is 0 Å². The molecular formula is C23H26F2O2. The fourth-order valence-electron chi connectivity index (χ4n) is 3.87. The third-order valence-corrected chi connectivity index (χ3v) is 5.17. The van der Waals surface area contributed by atoms with Gasteiger partial charge < -0.3 is 4.74 Å². The molecule has 0 N–H and O–H groups in total. The van der Waals surface area contributed by atoms with Gasteiger partial charge in [0.15, 0.2) is 0 Å². The van der Waals surface area contributed by atoms with E-state index in [0.717, 1.165) is 35.1 Å². The second-order valence-corrected chi connectivity index (χ2v) is 7.47. The molecule has 0 heterocycles. The van der Waals surface area contributed by atoms with Crippen LogP contribution in [0.1, 0.15) is 59.9 Å². The van der Waals surface area contributed by atoms with E-state index in [1.165, 1.54) is 0 Å². The van der Waals surface area contributed by atoms with E-state index in [4.69, 9.17) is 4.74 Å². The number of esters is 1. The molecule has 0 aliphatic heterocycles. The molecule has 1 aliphatic carbocycles. The van der Waals surface area contributed by atoms with E-state index in [1.807, 2.05) is 32.9 Å². The third-order valence-electron chi connectivity index (χ3n) is 5.17. The molecule has 2 aromatic rings. The lowest BCUT2D eigenvalue weighted by molar-refractivity contribution is -0.143. The maximum absolute atomic E-state index is 15.4. The van der Waals surface area contributed by atoms with Gasteiger partial charge in [-0.25, -0.2) is 8.78 Å². The Bertz CT molecular complexity index is 859. The van der Waals surface area contributed by atoms with Crippen molar-refractivity contribution >= 4 is 5.97 Å². The van der Waals surface area contributed by atoms with E-state index in [0.29, 0.717) is 11.1 Å². The summed E-state index contributed by atoms with van der Waals surface area (Å²) in [7, 11) is 0. The predicted molar refractivity (Wildman–Crippen MR) is 103 cm³/mol. The first-order valence-electron chi connectivity index (χ1n) is 9.58. The van der Waals surface area contributed by atoms with Crippen LogP contribution in [-0.4, -0.2) is 12.6 Å². The number of ether oxygens (including phenoxy) is 1. The molecule has 4 heteroatoms. The summed E-state index contributed by atoms with van der Waals surface area (Å²) in [6.07, 6.45) is 1.82. The molecule has 27 heavy (non-hydrogen) atoms. The Morgan fingerprint density at radius 1 is 1.07 bits per heavy atom. The molecule has 0 unspecified atom stereocenters. The molecular weight excluding hydrogens is 346 g/mol. The van der Waals surface area contributed by atoms with Gasteiger partial charge in [0.05, 0.1) is 6.61 Å². The minimum atomic E-state index is -0.559. The van der Waals surface area contributed by atoms with Gasteiger partial charge in [-0.05, 0) is 81.2 Å². The standard InChI is InChI=1S/C23H26F2O2/c1-5-27-20(26)9-8-17-22(24)18(16-6-7-16)12-19(23(17)25)21-14(3)10-13(2)11-15(21)4/h10-12,16H,5-9H2,1-4H3. The zero-order chi connectivity index (χ0) is 19.7. The number of carbonyl (C=O) groups is 1. The zero-order valence-corrected chi connectivity index (χ0v) is 16.4. The van der Waals surface area contributed by atoms with Crippen molar-refractivity contribution in [3.63, 3.8) is 0 Å². The lowest BCUT2D eigenvalue weighted by atomic mass is 9.89. The van der Waals surface area contributed by atoms with Gasteiger partial charge in [-0.3, -0.25) is 4.79 Å². The molecule has 3 rings (SSSR count). The number of benzene rings is 2. The van der Waals surface area contributed by atoms with Gasteiger partial charge in [0.25, 0.3) is 0 Å². The first-order valence-corrected chi connectivity index (χ1v) is 9.58. The topological polar surface area (TPSA) is 26.3 Å². The molecule has 2 aromatic carbocycles. The minimum Gasteiger partial charge on any atom is -0.466 e. The van der Waals surface area contributed by atoms with Crippen LogP contribution in [0.5, 0.6) is 0 Å². The van der Waals surface area contributed by atoms with Crippen LogP contribution in [0.3, 0.4) is 0 Å². The van der Waals surface area contributed by atoms with Gasteiger partial charge in [-0.15, -0.1) is 0 Å². The molecule has 0 atom stereocenters. The monoisotopic (exact) mass is 372 g/mol. The molecule has 0 amide bonds. The van der Waals surface area contributed by atoms with Crippen molar-refractivity contribution in [3.05, 3.63) is 57.7 Å². The minimum absolute atomic E-state index is 0.00169. The van der Waals surface area contributed by atoms with E-state index in [9.17, 15) is 4.79 Å². The fourth-order valence-corrected chi connectivity index (χ4v) is 3.87. The van der Waals surface area contributed by atoms with E-state index in [2.05, 4.69) is 0 Å². The van der Waals surface area contributed by atoms with Crippen molar-refractivity contribution in [2.45, 2.75) is 59.3 Å². The fraction of sp³-hybridized carbons (Fsp3) is 0.435. The highest BCUT2D eigenvalue weighted by molar-refractivity contribution is 5.74. The molecule has 144 valence electrons. The van der Waals surface area contributed by atoms with E-state index < -0.39 is 17.6 Å². The highest BCUT2D eigenvalue weighted by atomic mass is 19.1. The van der Waals surface area contributed by atoms with Gasteiger partial charge in [-0.2, -0.15) is 0 Å². The first-order chi connectivity index (χ1) is 12.8. The Hall–Kier alpha value is -2.23. The van der Waals surface area contributed by atoms with Crippen LogP contribution in [0.2, 0.25) is 0 Å². The highest BCUT2D eigenvalue weighted by Gasteiger charge is 2.31. The van der Waals surface area contributed by atoms with Crippen LogP contribution in [0.15, 0.2) is 18.2 Å². The van der Waals surface area contributed by atoms with Crippen molar-refractivity contribution in [3.8, 4) is 11.1 Å². The molecule has 0 spiro atoms. The summed E-state index contributed by atoms with van der Waals surface area (Å²) in [6, 6.07) is 5.71. The number of hydrogen-bond donors (Lipinski definition) is 0. The maximum Gasteiger partial charge on any atom is 0.306 e. The molecule has 1 aliphatic rings. The molecule has 0 aromatic heterocycles. The molecule has 0 saturated heterocycles. The summed E-state index contributed by atoms with van der Waals surface area (Å²) < 4.78 is 35.3. The number of carbonyl (C=O) groups excluding carboxylic acids is 1. The summed E-state index contributed by atoms with van der Waals surface area (Å²) in [5, 5.41) is 0. The third kappa shape index (κ3) is 4.05. The Morgan fingerprint density at radius 2 is 1.70 bits per heavy atom. The largest absolute Gasteiger partial charge is 0.466 e. The molecule has 1 fully saturated rings. The maximum atomic E-state index is 15.4. The Morgan fingerprint density at radius 3 is 2.26 bits per heavy atom. The van der Waals surface area contributed by atoms with Gasteiger partial charge >= 0.3 is 5.97 Å². The second-order valence-electron chi connectivity index (χ2n) is 7.47. The molecule has 0 bridgehead atoms. The van der Waals surface area contributed by atoms with E-state index in [1.54, 1.807) is 13.0 Å². The highest BCUT2D eigenvalue weighted by Crippen LogP contribution is 2.45. The molecule has 1 saturated carbocycles. The quantitative estimate of drug-likeness (QED) is 0.588. The SMILES string of the molecule is CCOC(=O)CCc1c(F)c(-c2c(C)cc(C)cc2C)cc(C2CC2)c1F. The Kier molecular flexibility index (Phi) is 5.64. The number of rotatable bonds is 6. The summed E-state index contributed by atoms with van der Waals surface area (Å²) in [6.45, 7) is 7.89. The second kappa shape index (κ2) is 7.79. The average molecular weight is 372 g/mol. The van der Waals surface area contributed by atoms with Crippen LogP contribution in [-0.2, 0) is 16.0 Å². The first kappa shape index (κ1) is 19.5. The van der Waals surface area contributed by atoms with Crippen LogP contribution >= 0.6 is 0 Å². The van der Waals surface area contributed by atoms with Crippen LogP contribution < -0.4 is 0 Å². The Balaban J connectivity index is 2.11. The zero-order valence-electron chi connectivity index (χ0n) is 16.4. The number of hydrogen-bond acceptors (Lipinski definition) is 2. The van der Waals surface area contributed by atoms with Crippen molar-refractivity contribution < 1.29 is 18.3 Å². The van der Waals surface area contributed by atoms with Crippen molar-refractivity contribution in [1.82, 2.24) is 0 Å². The van der Waals surface area contributed by atoms with Crippen molar-refractivity contribution in [1.29, 1.82) is 0 Å². The normalized spacial score (nSPS) is 13.7. The number of halogens is 2. The summed E-state index contributed by atoms with van der Waals surface area (Å²) >= 11 is 0. The smallest absolute Gasteiger partial charge is 0.306 e. The summed E-state index contributed by atoms with van der Waals surface area (Å²) in [4.78, 5) is 11.7. The predicted octanol–water partition coefficient (Wildman–Crippen LogP) is 5.93. The number of aryl methyl sites for hydroxylation is 3. The lowest BCUT2D eigenvalue weighted by Gasteiger charge is -2.18. The summed E-state index contributed by atoms with van der Waals surface area (Å²) in [5.74, 6) is -1.34. The lowest BCUT2D eigenvalue weighted by Crippen LogP contribution is -2.09. The van der Waals surface area contributed by atoms with Gasteiger partial charge in [0, 0.05) is 17.5 Å². The Labute approximate surface area is 159 Å². The molecule has 0 radical (unpaired) electrons. The van der Waals surface area contributed by atoms with Gasteiger partial charge in [-0.1, -0.05) is 17.7 Å². The van der Waals surface area contributed by atoms with Gasteiger partial charge in [0.1, 0.15) is 11.6 Å². The van der Waals surface area contributed by atoms with Crippen LogP contribution in [0.4, 0.5) is 8.78 Å². The average Bonchev–Trinajstić information content (AvgIpc) is 3.41. The van der Waals surface area contributed by atoms with E-state index in [-0.39, 0.29) is 30.9 Å². The molecule has 2 nitrogen and oxygen atoms in total. The van der Waals surface area contributed by atoms with E-state index >= 15 is 8.78 Å². The van der Waals surface area contributed by atoms with Crippen LogP contribution in [0, 0.1) is 32.4 Å².